The van der Waals surface area contributed by atoms with E-state index in [4.69, 9.17) is 4.74 Å². The van der Waals surface area contributed by atoms with Gasteiger partial charge >= 0.3 is 0 Å². The highest BCUT2D eigenvalue weighted by Gasteiger charge is 2.16. The van der Waals surface area contributed by atoms with Crippen LogP contribution in [-0.4, -0.2) is 30.3 Å². The number of rotatable bonds is 4. The minimum Gasteiger partial charge on any atom is -0.376 e. The quantitative estimate of drug-likeness (QED) is 0.789. The molecule has 1 aromatic carbocycles. The predicted octanol–water partition coefficient (Wildman–Crippen LogP) is 2.32. The molecule has 1 fully saturated rings. The summed E-state index contributed by atoms with van der Waals surface area (Å²) in [5.41, 5.74) is 9.06. The first-order valence-electron chi connectivity index (χ1n) is 7.63. The van der Waals surface area contributed by atoms with Gasteiger partial charge in [-0.1, -0.05) is 23.9 Å². The number of amidine groups is 1. The Morgan fingerprint density at radius 3 is 2.83 bits per heavy atom. The second-order valence-electron chi connectivity index (χ2n) is 5.44. The molecule has 0 aliphatic carbocycles. The lowest BCUT2D eigenvalue weighted by Crippen LogP contribution is -2.37. The standard InChI is InChI=1S/C16H20N4O2S/c1-11(21)18-13-6-4-12(5-7-13)15-10-23-16(20-19-15)17-9-14-3-2-8-22-14/h4-7,10,14,19H,2-3,8-9H2,1H3,(H,17,20)(H,18,21)/t14-/m0/s1. The number of carbonyl (C=O) groups excluding carboxylic acids is 1. The molecule has 2 aliphatic heterocycles. The SMILES string of the molecule is CC(=O)Nc1ccc(C2=CSC(=NC[C@@H]3CCCO3)NN2)cc1. The number of benzene rings is 1. The van der Waals surface area contributed by atoms with E-state index in [-0.39, 0.29) is 12.0 Å². The van der Waals surface area contributed by atoms with Gasteiger partial charge < -0.3 is 10.1 Å². The van der Waals surface area contributed by atoms with E-state index in [1.165, 1.54) is 6.92 Å². The first-order valence-corrected chi connectivity index (χ1v) is 8.51. The van der Waals surface area contributed by atoms with Gasteiger partial charge in [0, 0.05) is 30.2 Å². The molecule has 2 heterocycles. The lowest BCUT2D eigenvalue weighted by molar-refractivity contribution is -0.114. The van der Waals surface area contributed by atoms with Crippen LogP contribution >= 0.6 is 11.8 Å². The van der Waals surface area contributed by atoms with Gasteiger partial charge in [-0.2, -0.15) is 0 Å². The first kappa shape index (κ1) is 15.9. The van der Waals surface area contributed by atoms with Gasteiger partial charge in [0.2, 0.25) is 5.91 Å². The van der Waals surface area contributed by atoms with Gasteiger partial charge in [-0.3, -0.25) is 20.6 Å². The van der Waals surface area contributed by atoms with Gasteiger partial charge in [-0.15, -0.1) is 0 Å². The molecule has 0 radical (unpaired) electrons. The lowest BCUT2D eigenvalue weighted by atomic mass is 10.1. The van der Waals surface area contributed by atoms with E-state index < -0.39 is 0 Å². The zero-order chi connectivity index (χ0) is 16.1. The molecule has 0 saturated carbocycles. The lowest BCUT2D eigenvalue weighted by Gasteiger charge is -2.19. The summed E-state index contributed by atoms with van der Waals surface area (Å²) in [6.07, 6.45) is 2.49. The predicted molar refractivity (Wildman–Crippen MR) is 93.9 cm³/mol. The highest BCUT2D eigenvalue weighted by Crippen LogP contribution is 2.22. The molecular weight excluding hydrogens is 312 g/mol. The van der Waals surface area contributed by atoms with Crippen LogP contribution in [0.4, 0.5) is 5.69 Å². The molecule has 0 spiro atoms. The van der Waals surface area contributed by atoms with Gasteiger partial charge in [0.15, 0.2) is 5.17 Å². The van der Waals surface area contributed by atoms with E-state index in [0.29, 0.717) is 6.54 Å². The number of carbonyl (C=O) groups is 1. The van der Waals surface area contributed by atoms with Gasteiger partial charge in [0.1, 0.15) is 0 Å². The maximum Gasteiger partial charge on any atom is 0.221 e. The molecule has 1 amide bonds. The molecular formula is C16H20N4O2S. The molecule has 3 rings (SSSR count). The number of hydrogen-bond donors (Lipinski definition) is 3. The summed E-state index contributed by atoms with van der Waals surface area (Å²) < 4.78 is 5.56. The molecule has 1 saturated heterocycles. The van der Waals surface area contributed by atoms with Crippen molar-refractivity contribution in [1.29, 1.82) is 0 Å². The van der Waals surface area contributed by atoms with Crippen molar-refractivity contribution in [2.24, 2.45) is 4.99 Å². The van der Waals surface area contributed by atoms with E-state index in [9.17, 15) is 4.79 Å². The summed E-state index contributed by atoms with van der Waals surface area (Å²) in [4.78, 5) is 15.6. The fraction of sp³-hybridized carbons (Fsp3) is 0.375. The number of nitrogens with zero attached hydrogens (tertiary/aromatic N) is 1. The molecule has 0 aromatic heterocycles. The average Bonchev–Trinajstić information content (AvgIpc) is 3.07. The maximum absolute atomic E-state index is 11.0. The van der Waals surface area contributed by atoms with E-state index in [0.717, 1.165) is 41.6 Å². The molecule has 7 heteroatoms. The first-order chi connectivity index (χ1) is 11.2. The number of amides is 1. The second-order valence-corrected chi connectivity index (χ2v) is 6.30. The van der Waals surface area contributed by atoms with E-state index in [2.05, 4.69) is 21.2 Å². The third-order valence-corrected chi connectivity index (χ3v) is 4.38. The van der Waals surface area contributed by atoms with Crippen LogP contribution in [0.1, 0.15) is 25.3 Å². The molecule has 0 bridgehead atoms. The van der Waals surface area contributed by atoms with Crippen LogP contribution in [0.2, 0.25) is 0 Å². The van der Waals surface area contributed by atoms with Crippen molar-refractivity contribution in [3.63, 3.8) is 0 Å². The smallest absolute Gasteiger partial charge is 0.221 e. The van der Waals surface area contributed by atoms with Gasteiger partial charge in [-0.25, -0.2) is 0 Å². The van der Waals surface area contributed by atoms with Gasteiger partial charge in [-0.05, 0) is 25.0 Å². The molecule has 23 heavy (non-hydrogen) atoms. The number of hydrogen-bond acceptors (Lipinski definition) is 5. The Bertz CT molecular complexity index is 621. The highest BCUT2D eigenvalue weighted by atomic mass is 32.2. The van der Waals surface area contributed by atoms with E-state index >= 15 is 0 Å². The Morgan fingerprint density at radius 2 is 2.22 bits per heavy atom. The summed E-state index contributed by atoms with van der Waals surface area (Å²) in [7, 11) is 0. The topological polar surface area (TPSA) is 74.8 Å². The summed E-state index contributed by atoms with van der Waals surface area (Å²) in [5.74, 6) is -0.0722. The van der Waals surface area contributed by atoms with Gasteiger partial charge in [0.25, 0.3) is 0 Å². The Hall–Kier alpha value is -1.99. The van der Waals surface area contributed by atoms with Crippen LogP contribution in [0.5, 0.6) is 0 Å². The number of ether oxygens (including phenoxy) is 1. The second kappa shape index (κ2) is 7.52. The van der Waals surface area contributed by atoms with Crippen molar-refractivity contribution in [2.75, 3.05) is 18.5 Å². The number of nitrogens with one attached hydrogen (secondary N) is 3. The molecule has 2 aliphatic rings. The zero-order valence-corrected chi connectivity index (χ0v) is 13.8. The van der Waals surface area contributed by atoms with Crippen molar-refractivity contribution in [3.05, 3.63) is 35.2 Å². The minimum absolute atomic E-state index is 0.0722. The molecule has 3 N–H and O–H groups in total. The summed E-state index contributed by atoms with van der Waals surface area (Å²) in [6, 6.07) is 7.68. The Kier molecular flexibility index (Phi) is 5.19. The van der Waals surface area contributed by atoms with Crippen LogP contribution in [0.3, 0.4) is 0 Å². The summed E-state index contributed by atoms with van der Waals surface area (Å²) in [5, 5.41) is 5.63. The minimum atomic E-state index is -0.0722. The average molecular weight is 332 g/mol. The van der Waals surface area contributed by atoms with Crippen molar-refractivity contribution in [3.8, 4) is 0 Å². The van der Waals surface area contributed by atoms with E-state index in [1.54, 1.807) is 11.8 Å². The molecule has 122 valence electrons. The van der Waals surface area contributed by atoms with Crippen molar-refractivity contribution >= 4 is 34.2 Å². The molecule has 1 atom stereocenters. The zero-order valence-electron chi connectivity index (χ0n) is 13.0. The van der Waals surface area contributed by atoms with Crippen LogP contribution in [-0.2, 0) is 9.53 Å². The fourth-order valence-electron chi connectivity index (χ4n) is 2.42. The fourth-order valence-corrected chi connectivity index (χ4v) is 3.10. The Balaban J connectivity index is 1.57. The third-order valence-electron chi connectivity index (χ3n) is 3.57. The number of aliphatic imine (C=N–C) groups is 1. The molecule has 0 unspecified atom stereocenters. The van der Waals surface area contributed by atoms with Crippen LogP contribution in [0.15, 0.2) is 34.7 Å². The number of anilines is 1. The molecule has 1 aromatic rings. The largest absolute Gasteiger partial charge is 0.376 e. The Labute approximate surface area is 139 Å². The summed E-state index contributed by atoms with van der Waals surface area (Å²) >= 11 is 1.55. The van der Waals surface area contributed by atoms with E-state index in [1.807, 2.05) is 29.7 Å². The van der Waals surface area contributed by atoms with Crippen LogP contribution in [0.25, 0.3) is 5.70 Å². The van der Waals surface area contributed by atoms with Crippen molar-refractivity contribution in [2.45, 2.75) is 25.9 Å². The third kappa shape index (κ3) is 4.49. The van der Waals surface area contributed by atoms with Gasteiger partial charge in [0.05, 0.1) is 18.3 Å². The summed E-state index contributed by atoms with van der Waals surface area (Å²) in [6.45, 7) is 3.05. The number of thioether (sulfide) groups is 1. The normalized spacial score (nSPS) is 22.2. The van der Waals surface area contributed by atoms with Crippen LogP contribution < -0.4 is 16.2 Å². The monoisotopic (exact) mass is 332 g/mol. The van der Waals surface area contributed by atoms with Crippen LogP contribution in [0, 0.1) is 0 Å². The Morgan fingerprint density at radius 1 is 1.39 bits per heavy atom. The highest BCUT2D eigenvalue weighted by molar-refractivity contribution is 8.16. The molecule has 6 nitrogen and oxygen atoms in total. The van der Waals surface area contributed by atoms with Crippen molar-refractivity contribution in [1.82, 2.24) is 10.9 Å². The number of hydrazine groups is 1. The van der Waals surface area contributed by atoms with Crippen molar-refractivity contribution < 1.29 is 9.53 Å². The maximum atomic E-state index is 11.0.